The first-order valence-corrected chi connectivity index (χ1v) is 12.5. The molecular weight excluding hydrogens is 470 g/mol. The van der Waals surface area contributed by atoms with E-state index in [1.807, 2.05) is 60.0 Å². The first-order chi connectivity index (χ1) is 16.5. The molecule has 1 aromatic heterocycles. The molecule has 8 heteroatoms. The lowest BCUT2D eigenvalue weighted by Gasteiger charge is -2.29. The zero-order valence-electron chi connectivity index (χ0n) is 18.6. The number of nitrogens with zero attached hydrogens (tertiary/aromatic N) is 1. The summed E-state index contributed by atoms with van der Waals surface area (Å²) in [7, 11) is 0. The topological polar surface area (TPSA) is 78.5 Å². The summed E-state index contributed by atoms with van der Waals surface area (Å²) in [5.74, 6) is -0.772. The van der Waals surface area contributed by atoms with Crippen LogP contribution < -0.4 is 10.6 Å². The van der Waals surface area contributed by atoms with E-state index in [2.05, 4.69) is 10.6 Å². The highest BCUT2D eigenvalue weighted by Crippen LogP contribution is 2.25. The predicted molar refractivity (Wildman–Crippen MR) is 134 cm³/mol. The van der Waals surface area contributed by atoms with E-state index in [1.54, 1.807) is 17.0 Å². The molecule has 176 valence electrons. The fourth-order valence-electron chi connectivity index (χ4n) is 4.15. The van der Waals surface area contributed by atoms with Gasteiger partial charge in [-0.05, 0) is 47.9 Å². The molecule has 2 heterocycles. The van der Waals surface area contributed by atoms with Gasteiger partial charge >= 0.3 is 0 Å². The highest BCUT2D eigenvalue weighted by molar-refractivity contribution is 7.12. The first kappa shape index (κ1) is 24.0. The molecule has 0 aliphatic carbocycles. The summed E-state index contributed by atoms with van der Waals surface area (Å²) in [5, 5.41) is 8.31. The van der Waals surface area contributed by atoms with Gasteiger partial charge in [-0.2, -0.15) is 0 Å². The maximum absolute atomic E-state index is 13.6. The van der Waals surface area contributed by atoms with E-state index >= 15 is 0 Å². The van der Waals surface area contributed by atoms with Crippen molar-refractivity contribution in [1.29, 1.82) is 0 Å². The summed E-state index contributed by atoms with van der Waals surface area (Å²) in [4.78, 5) is 41.5. The van der Waals surface area contributed by atoms with Gasteiger partial charge < -0.3 is 15.5 Å². The largest absolute Gasteiger partial charge is 0.354 e. The predicted octanol–water partition coefficient (Wildman–Crippen LogP) is 4.22. The van der Waals surface area contributed by atoms with Crippen molar-refractivity contribution in [2.45, 2.75) is 31.3 Å². The van der Waals surface area contributed by atoms with Gasteiger partial charge in [0.05, 0.1) is 4.88 Å². The number of nitrogens with one attached hydrogen (secondary N) is 2. The van der Waals surface area contributed by atoms with Gasteiger partial charge in [0.1, 0.15) is 12.1 Å². The van der Waals surface area contributed by atoms with Crippen molar-refractivity contribution < 1.29 is 14.4 Å². The molecule has 6 nitrogen and oxygen atoms in total. The Hall–Kier alpha value is -3.16. The number of rotatable bonds is 8. The second-order valence-corrected chi connectivity index (χ2v) is 9.47. The van der Waals surface area contributed by atoms with Crippen LogP contribution in [-0.4, -0.2) is 41.8 Å². The molecule has 2 N–H and O–H groups in total. The molecule has 3 aromatic rings. The summed E-state index contributed by atoms with van der Waals surface area (Å²) >= 11 is 7.52. The lowest BCUT2D eigenvalue weighted by Crippen LogP contribution is -2.50. The summed E-state index contributed by atoms with van der Waals surface area (Å²) < 4.78 is 0. The number of likely N-dealkylation sites (tertiary alicyclic amines) is 1. The highest BCUT2D eigenvalue weighted by Gasteiger charge is 2.38. The van der Waals surface area contributed by atoms with Crippen molar-refractivity contribution in [3.63, 3.8) is 0 Å². The van der Waals surface area contributed by atoms with Crippen LogP contribution in [0, 0.1) is 0 Å². The Balaban J connectivity index is 1.45. The van der Waals surface area contributed by atoms with Gasteiger partial charge in [0.2, 0.25) is 11.8 Å². The van der Waals surface area contributed by atoms with Crippen LogP contribution in [0.2, 0.25) is 5.02 Å². The lowest BCUT2D eigenvalue weighted by atomic mass is 10.0. The van der Waals surface area contributed by atoms with Crippen molar-refractivity contribution in [2.75, 3.05) is 13.1 Å². The van der Waals surface area contributed by atoms with E-state index in [4.69, 9.17) is 11.6 Å². The Morgan fingerprint density at radius 2 is 1.79 bits per heavy atom. The number of halogens is 1. The fraction of sp³-hybridized carbons (Fsp3) is 0.269. The number of thiophene rings is 1. The standard InChI is InChI=1S/C26H26ClN3O3S/c27-20-11-5-4-8-18(20)14-15-28-24(31)21-12-6-16-30(21)26(33)23(19-9-2-1-3-10-19)29-25(32)22-13-7-17-34-22/h1-5,7-11,13,17,21,23H,6,12,14-16H2,(H,28,31)(H,29,32)/t21-,23-/m0/s1. The quantitative estimate of drug-likeness (QED) is 0.491. The minimum atomic E-state index is -0.868. The van der Waals surface area contributed by atoms with Crippen LogP contribution in [0.3, 0.4) is 0 Å². The maximum Gasteiger partial charge on any atom is 0.262 e. The molecule has 4 rings (SSSR count). The number of amides is 3. The van der Waals surface area contributed by atoms with E-state index in [9.17, 15) is 14.4 Å². The summed E-state index contributed by atoms with van der Waals surface area (Å²) in [6.45, 7) is 0.901. The number of hydrogen-bond donors (Lipinski definition) is 2. The van der Waals surface area contributed by atoms with E-state index in [1.165, 1.54) is 11.3 Å². The average molecular weight is 496 g/mol. The third-order valence-electron chi connectivity index (χ3n) is 5.89. The highest BCUT2D eigenvalue weighted by atomic mass is 35.5. The Labute approximate surface area is 207 Å². The van der Waals surface area contributed by atoms with Gasteiger partial charge in [0.15, 0.2) is 0 Å². The third-order valence-corrected chi connectivity index (χ3v) is 7.13. The van der Waals surface area contributed by atoms with E-state index in [0.29, 0.717) is 41.4 Å². The molecule has 0 unspecified atom stereocenters. The first-order valence-electron chi connectivity index (χ1n) is 11.3. The van der Waals surface area contributed by atoms with Gasteiger partial charge in [-0.25, -0.2) is 0 Å². The van der Waals surface area contributed by atoms with Gasteiger partial charge in [0, 0.05) is 18.1 Å². The Morgan fingerprint density at radius 1 is 1.03 bits per heavy atom. The van der Waals surface area contributed by atoms with Gasteiger partial charge in [-0.15, -0.1) is 11.3 Å². The van der Waals surface area contributed by atoms with Crippen molar-refractivity contribution in [3.8, 4) is 0 Å². The zero-order chi connectivity index (χ0) is 23.9. The fourth-order valence-corrected chi connectivity index (χ4v) is 5.01. The maximum atomic E-state index is 13.6. The van der Waals surface area contributed by atoms with Gasteiger partial charge in [-0.1, -0.05) is 66.2 Å². The molecule has 0 radical (unpaired) electrons. The second kappa shape index (κ2) is 11.3. The number of carbonyl (C=O) groups is 3. The Morgan fingerprint density at radius 3 is 2.53 bits per heavy atom. The molecule has 3 amide bonds. The molecule has 1 fully saturated rings. The average Bonchev–Trinajstić information content (AvgIpc) is 3.56. The number of benzene rings is 2. The minimum Gasteiger partial charge on any atom is -0.354 e. The van der Waals surface area contributed by atoms with Crippen molar-refractivity contribution >= 4 is 40.7 Å². The number of hydrogen-bond acceptors (Lipinski definition) is 4. The van der Waals surface area contributed by atoms with Gasteiger partial charge in [-0.3, -0.25) is 14.4 Å². The summed E-state index contributed by atoms with van der Waals surface area (Å²) in [6, 6.07) is 18.8. The van der Waals surface area contributed by atoms with E-state index in [-0.39, 0.29) is 17.7 Å². The molecule has 1 aliphatic rings. The van der Waals surface area contributed by atoms with Crippen LogP contribution in [0.5, 0.6) is 0 Å². The SMILES string of the molecule is O=C(N[C@H](C(=O)N1CCC[C@H]1C(=O)NCCc1ccccc1Cl)c1ccccc1)c1cccs1. The molecule has 1 aliphatic heterocycles. The van der Waals surface area contributed by atoms with Crippen molar-refractivity contribution in [3.05, 3.63) is 93.1 Å². The molecule has 2 aromatic carbocycles. The van der Waals surface area contributed by atoms with Crippen molar-refractivity contribution in [2.24, 2.45) is 0 Å². The normalized spacial score (nSPS) is 16.1. The van der Waals surface area contributed by atoms with Gasteiger partial charge in [0.25, 0.3) is 5.91 Å². The second-order valence-electron chi connectivity index (χ2n) is 8.12. The monoisotopic (exact) mass is 495 g/mol. The molecule has 0 saturated carbocycles. The molecule has 0 spiro atoms. The van der Waals surface area contributed by atoms with Crippen molar-refractivity contribution in [1.82, 2.24) is 15.5 Å². The Bertz CT molecular complexity index is 1140. The van der Waals surface area contributed by atoms with Crippen LogP contribution in [0.4, 0.5) is 0 Å². The zero-order valence-corrected chi connectivity index (χ0v) is 20.1. The molecule has 2 atom stereocenters. The van der Waals surface area contributed by atoms with E-state index < -0.39 is 12.1 Å². The number of carbonyl (C=O) groups excluding carboxylic acids is 3. The van der Waals surface area contributed by atoms with Crippen LogP contribution >= 0.6 is 22.9 Å². The Kier molecular flexibility index (Phi) is 7.98. The molecule has 1 saturated heterocycles. The lowest BCUT2D eigenvalue weighted by molar-refractivity contribution is -0.140. The smallest absolute Gasteiger partial charge is 0.262 e. The van der Waals surface area contributed by atoms with Crippen LogP contribution in [0.25, 0.3) is 0 Å². The summed E-state index contributed by atoms with van der Waals surface area (Å²) in [5.41, 5.74) is 1.64. The molecule has 0 bridgehead atoms. The van der Waals surface area contributed by atoms with E-state index in [0.717, 1.165) is 12.0 Å². The minimum absolute atomic E-state index is 0.186. The van der Waals surface area contributed by atoms with Crippen LogP contribution in [-0.2, 0) is 16.0 Å². The van der Waals surface area contributed by atoms with Crippen LogP contribution in [0.1, 0.15) is 39.7 Å². The third kappa shape index (κ3) is 5.66. The summed E-state index contributed by atoms with van der Waals surface area (Å²) in [6.07, 6.45) is 1.92. The molecular formula is C26H26ClN3O3S. The van der Waals surface area contributed by atoms with Crippen LogP contribution in [0.15, 0.2) is 72.1 Å². The molecule has 34 heavy (non-hydrogen) atoms.